The van der Waals surface area contributed by atoms with Gasteiger partial charge in [-0.1, -0.05) is 6.58 Å². The molecule has 0 bridgehead atoms. The summed E-state index contributed by atoms with van der Waals surface area (Å²) in [6, 6.07) is 8.13. The topological polar surface area (TPSA) is 118 Å². The fraction of sp³-hybridized carbons (Fsp3) is 0.565. The Bertz CT molecular complexity index is 2210. The van der Waals surface area contributed by atoms with Crippen molar-refractivity contribution in [1.29, 1.82) is 0 Å². The highest BCUT2D eigenvalue weighted by atomic mass is 19.1. The van der Waals surface area contributed by atoms with Gasteiger partial charge >= 0.3 is 0 Å². The Hall–Kier alpha value is -4.89. The number of carbonyl (C=O) groups excluding carboxylic acids is 2. The number of halogens is 3. The second kappa shape index (κ2) is 15.8. The molecule has 3 N–H and O–H groups in total. The Morgan fingerprint density at radius 1 is 0.902 bits per heavy atom. The minimum Gasteiger partial charge on any atom is -0.484 e. The number of hydrazine groups is 1. The van der Waals surface area contributed by atoms with Crippen molar-refractivity contribution in [3.63, 3.8) is 0 Å². The highest BCUT2D eigenvalue weighted by Gasteiger charge is 2.43. The molecule has 61 heavy (non-hydrogen) atoms. The molecule has 1 aliphatic carbocycles. The fourth-order valence-corrected chi connectivity index (χ4v) is 10.6. The second-order valence-corrected chi connectivity index (χ2v) is 18.9. The largest absolute Gasteiger partial charge is 0.484 e. The monoisotopic (exact) mass is 839 g/mol. The smallest absolute Gasteiger partial charge is 0.255 e. The molecule has 2 amide bonds. The summed E-state index contributed by atoms with van der Waals surface area (Å²) in [6.07, 6.45) is 9.56. The molecule has 1 aromatic heterocycles. The molecule has 324 valence electrons. The summed E-state index contributed by atoms with van der Waals surface area (Å²) in [6.45, 7) is 11.7. The lowest BCUT2D eigenvalue weighted by atomic mass is 9.80. The third-order valence-corrected chi connectivity index (χ3v) is 14.6. The Balaban J connectivity index is 0.675. The van der Waals surface area contributed by atoms with Gasteiger partial charge in [0.2, 0.25) is 5.91 Å². The zero-order valence-corrected chi connectivity index (χ0v) is 35.0. The van der Waals surface area contributed by atoms with Crippen LogP contribution in [0.1, 0.15) is 111 Å². The lowest BCUT2D eigenvalue weighted by Crippen LogP contribution is -2.46. The van der Waals surface area contributed by atoms with Crippen LogP contribution in [0.5, 0.6) is 5.75 Å². The van der Waals surface area contributed by atoms with E-state index in [4.69, 9.17) is 4.74 Å². The molecule has 12 nitrogen and oxygen atoms in total. The van der Waals surface area contributed by atoms with E-state index >= 15 is 8.78 Å². The quantitative estimate of drug-likeness (QED) is 0.202. The summed E-state index contributed by atoms with van der Waals surface area (Å²) in [5.74, 6) is 0.873. The number of hydrogen-bond donors (Lipinski definition) is 3. The molecule has 4 saturated heterocycles. The van der Waals surface area contributed by atoms with E-state index in [1.807, 2.05) is 13.0 Å². The summed E-state index contributed by atoms with van der Waals surface area (Å²) in [7, 11) is 0. The minimum absolute atomic E-state index is 0.112. The summed E-state index contributed by atoms with van der Waals surface area (Å²) in [5, 5.41) is 2.73. The Labute approximate surface area is 355 Å². The van der Waals surface area contributed by atoms with E-state index in [1.54, 1.807) is 29.4 Å². The van der Waals surface area contributed by atoms with Gasteiger partial charge in [-0.05, 0) is 101 Å². The summed E-state index contributed by atoms with van der Waals surface area (Å²) < 4.78 is 53.2. The van der Waals surface area contributed by atoms with Gasteiger partial charge in [-0.25, -0.2) is 28.6 Å². The van der Waals surface area contributed by atoms with Gasteiger partial charge in [0, 0.05) is 86.8 Å². The maximum atomic E-state index is 16.4. The zero-order valence-electron chi connectivity index (χ0n) is 35.0. The molecule has 0 radical (unpaired) electrons. The van der Waals surface area contributed by atoms with Gasteiger partial charge in [0.1, 0.15) is 23.4 Å². The van der Waals surface area contributed by atoms with Crippen LogP contribution in [0, 0.1) is 23.5 Å². The summed E-state index contributed by atoms with van der Waals surface area (Å²) in [5.41, 5.74) is 9.06. The first-order valence-electron chi connectivity index (χ1n) is 22.3. The number of rotatable bonds is 10. The number of anilines is 3. The Kier molecular flexibility index (Phi) is 10.4. The zero-order chi connectivity index (χ0) is 42.0. The summed E-state index contributed by atoms with van der Waals surface area (Å²) in [4.78, 5) is 42.7. The lowest BCUT2D eigenvalue weighted by Gasteiger charge is -2.42. The lowest BCUT2D eigenvalue weighted by molar-refractivity contribution is -0.121. The van der Waals surface area contributed by atoms with Crippen LogP contribution >= 0.6 is 0 Å². The van der Waals surface area contributed by atoms with E-state index in [0.29, 0.717) is 79.3 Å². The molecule has 15 heteroatoms. The summed E-state index contributed by atoms with van der Waals surface area (Å²) >= 11 is 0. The number of ether oxygens (including phenoxy) is 1. The molecular formula is C46H56F3N9O3. The number of nitrogens with one attached hydrogen (secondary N) is 3. The molecule has 2 atom stereocenters. The van der Waals surface area contributed by atoms with Crippen molar-refractivity contribution in [2.24, 2.45) is 11.8 Å². The van der Waals surface area contributed by atoms with Crippen LogP contribution in [0.4, 0.5) is 30.4 Å². The van der Waals surface area contributed by atoms with Crippen LogP contribution in [0.25, 0.3) is 0 Å². The molecule has 2 aromatic carbocycles. The third-order valence-electron chi connectivity index (χ3n) is 14.6. The van der Waals surface area contributed by atoms with Gasteiger partial charge in [0.05, 0.1) is 35.7 Å². The molecule has 1 saturated carbocycles. The average molecular weight is 840 g/mol. The molecule has 5 fully saturated rings. The highest BCUT2D eigenvalue weighted by Crippen LogP contribution is 2.44. The van der Waals surface area contributed by atoms with E-state index < -0.39 is 5.67 Å². The molecule has 10 rings (SSSR count). The number of nitrogens with zero attached hydrogens (tertiary/aromatic N) is 6. The normalized spacial score (nSPS) is 25.3. The van der Waals surface area contributed by atoms with Crippen LogP contribution in [0.3, 0.4) is 0 Å². The van der Waals surface area contributed by atoms with E-state index in [1.165, 1.54) is 6.07 Å². The number of fused-ring (bicyclic) bond motifs is 2. The van der Waals surface area contributed by atoms with Crippen molar-refractivity contribution in [2.75, 3.05) is 61.0 Å². The number of hydrogen-bond acceptors (Lipinski definition) is 10. The number of likely N-dealkylation sites (tertiary alicyclic amines) is 1. The molecule has 6 aliphatic heterocycles. The van der Waals surface area contributed by atoms with E-state index in [-0.39, 0.29) is 59.3 Å². The maximum Gasteiger partial charge on any atom is 0.255 e. The van der Waals surface area contributed by atoms with E-state index in [9.17, 15) is 14.0 Å². The average Bonchev–Trinajstić information content (AvgIpc) is 3.69. The molecular weight excluding hydrogens is 784 g/mol. The van der Waals surface area contributed by atoms with E-state index in [0.717, 1.165) is 88.3 Å². The van der Waals surface area contributed by atoms with Gasteiger partial charge in [0.15, 0.2) is 17.4 Å². The van der Waals surface area contributed by atoms with Crippen LogP contribution in [0.15, 0.2) is 48.9 Å². The first-order valence-corrected chi connectivity index (χ1v) is 22.3. The number of carbonyl (C=O) groups is 2. The van der Waals surface area contributed by atoms with Crippen LogP contribution < -0.4 is 30.7 Å². The molecule has 7 heterocycles. The predicted molar refractivity (Wildman–Crippen MR) is 226 cm³/mol. The molecule has 7 aliphatic rings. The van der Waals surface area contributed by atoms with Gasteiger partial charge < -0.3 is 35.1 Å². The van der Waals surface area contributed by atoms with Crippen LogP contribution in [-0.4, -0.2) is 94.7 Å². The van der Waals surface area contributed by atoms with Gasteiger partial charge in [-0.2, -0.15) is 0 Å². The van der Waals surface area contributed by atoms with E-state index in [2.05, 4.69) is 47.4 Å². The molecule has 3 aromatic rings. The predicted octanol–water partition coefficient (Wildman–Crippen LogP) is 6.78. The fourth-order valence-electron chi connectivity index (χ4n) is 10.6. The van der Waals surface area contributed by atoms with Gasteiger partial charge in [-0.15, -0.1) is 0 Å². The standard InChI is InChI=1S/C46H56F3N9O3/c1-28-37(5-6-41(59)52-28)58-26-33-31(44(58)60)3-4-38(42(33)48)56-15-7-29(8-16-56)24-46(49)13-19-55(20-14-46)25-30-9-17-57(18-10-30)40-23-36(50-27-51-40)43-32-21-39(61-45(2)11-12-45)34(47)22-35(32)53-54-43/h3-4,21-23,27,29-30,37,43,53-54H,1,5-20,24-26H2,2H3,(H,52,59). The van der Waals surface area contributed by atoms with Crippen LogP contribution in [0.2, 0.25) is 0 Å². The number of alkyl halides is 1. The first kappa shape index (κ1) is 40.2. The van der Waals surface area contributed by atoms with Crippen molar-refractivity contribution in [3.8, 4) is 5.75 Å². The van der Waals surface area contributed by atoms with Crippen molar-refractivity contribution < 1.29 is 27.5 Å². The maximum absolute atomic E-state index is 16.4. The Morgan fingerprint density at radius 2 is 1.64 bits per heavy atom. The number of aromatic nitrogens is 2. The van der Waals surface area contributed by atoms with Crippen molar-refractivity contribution in [2.45, 2.75) is 107 Å². The van der Waals surface area contributed by atoms with Gasteiger partial charge in [-0.3, -0.25) is 9.59 Å². The minimum atomic E-state index is -1.18. The number of amides is 2. The second-order valence-electron chi connectivity index (χ2n) is 18.9. The number of benzene rings is 2. The highest BCUT2D eigenvalue weighted by molar-refractivity contribution is 5.99. The third kappa shape index (κ3) is 8.03. The number of piperidine rings is 4. The van der Waals surface area contributed by atoms with Crippen molar-refractivity contribution in [1.82, 2.24) is 30.5 Å². The van der Waals surface area contributed by atoms with Crippen molar-refractivity contribution >= 4 is 29.0 Å². The molecule has 0 spiro atoms. The van der Waals surface area contributed by atoms with Crippen LogP contribution in [-0.2, 0) is 11.3 Å². The van der Waals surface area contributed by atoms with Gasteiger partial charge in [0.25, 0.3) is 5.91 Å². The van der Waals surface area contributed by atoms with Crippen molar-refractivity contribution in [3.05, 3.63) is 83.0 Å². The first-order chi connectivity index (χ1) is 29.4. The Morgan fingerprint density at radius 3 is 2.38 bits per heavy atom. The molecule has 2 unspecified atom stereocenters. The SMILES string of the molecule is C=C1NC(=O)CCC1N1Cc2c(ccc(N3CCC(CC4(F)CCN(CC5CCN(c6cc(C7NNc8cc(F)c(OC9(C)CC9)cc87)ncn6)CC5)CC4)CC3)c2F)C1=O.